The van der Waals surface area contributed by atoms with Crippen molar-refractivity contribution in [2.24, 2.45) is 0 Å². The van der Waals surface area contributed by atoms with Crippen molar-refractivity contribution < 1.29 is 21.6 Å². The number of hydrogen-bond donors (Lipinski definition) is 2. The van der Waals surface area contributed by atoms with Crippen LogP contribution in [-0.2, 0) is 24.8 Å². The quantitative estimate of drug-likeness (QED) is 0.583. The molecule has 1 heterocycles. The fourth-order valence-electron chi connectivity index (χ4n) is 3.48. The van der Waals surface area contributed by atoms with Crippen LogP contribution >= 0.6 is 0 Å². The van der Waals surface area contributed by atoms with Gasteiger partial charge in [0.15, 0.2) is 0 Å². The van der Waals surface area contributed by atoms with Gasteiger partial charge in [-0.25, -0.2) is 21.1 Å². The summed E-state index contributed by atoms with van der Waals surface area (Å²) in [5, 5.41) is 5.65. The predicted octanol–water partition coefficient (Wildman–Crippen LogP) is 2.55. The highest BCUT2D eigenvalue weighted by molar-refractivity contribution is 7.89. The molecule has 0 saturated carbocycles. The molecule has 3 rings (SSSR count). The first-order valence-electron chi connectivity index (χ1n) is 10.8. The number of sulfonamides is 2. The van der Waals surface area contributed by atoms with Gasteiger partial charge in [0.25, 0.3) is 0 Å². The van der Waals surface area contributed by atoms with Crippen LogP contribution in [0.5, 0.6) is 0 Å². The molecule has 11 heteroatoms. The summed E-state index contributed by atoms with van der Waals surface area (Å²) in [7, 11) is -4.14. The van der Waals surface area contributed by atoms with Gasteiger partial charge in [-0.05, 0) is 61.4 Å². The average Bonchev–Trinajstić information content (AvgIpc) is 3.08. The first-order chi connectivity index (χ1) is 15.6. The van der Waals surface area contributed by atoms with Crippen LogP contribution in [-0.4, -0.2) is 65.1 Å². The maximum atomic E-state index is 12.8. The highest BCUT2D eigenvalue weighted by atomic mass is 32.2. The fourth-order valence-corrected chi connectivity index (χ4v) is 5.90. The third-order valence-corrected chi connectivity index (χ3v) is 9.17. The molecule has 2 aromatic carbocycles. The van der Waals surface area contributed by atoms with Gasteiger partial charge in [-0.15, -0.1) is 0 Å². The summed E-state index contributed by atoms with van der Waals surface area (Å²) in [6.45, 7) is 1.06. The van der Waals surface area contributed by atoms with Gasteiger partial charge in [0.05, 0.1) is 16.3 Å². The van der Waals surface area contributed by atoms with E-state index in [4.69, 9.17) is 0 Å². The maximum absolute atomic E-state index is 12.8. The van der Waals surface area contributed by atoms with E-state index in [-0.39, 0.29) is 22.2 Å². The van der Waals surface area contributed by atoms with Crippen molar-refractivity contribution in [2.75, 3.05) is 44.4 Å². The van der Waals surface area contributed by atoms with Gasteiger partial charge < -0.3 is 10.6 Å². The topological polar surface area (TPSA) is 116 Å². The Kier molecular flexibility index (Phi) is 8.11. The molecule has 0 atom stereocenters. The van der Waals surface area contributed by atoms with Gasteiger partial charge in [0, 0.05) is 38.6 Å². The minimum atomic E-state index is -3.53. The highest BCUT2D eigenvalue weighted by Gasteiger charge is 2.25. The van der Waals surface area contributed by atoms with E-state index in [1.165, 1.54) is 38.4 Å². The van der Waals surface area contributed by atoms with E-state index in [1.807, 2.05) is 0 Å². The molecule has 0 spiro atoms. The van der Waals surface area contributed by atoms with Crippen LogP contribution in [0.4, 0.5) is 11.4 Å². The highest BCUT2D eigenvalue weighted by Crippen LogP contribution is 2.22. The summed E-state index contributed by atoms with van der Waals surface area (Å²) in [6, 6.07) is 12.3. The number of amides is 1. The number of carbonyl (C=O) groups is 1. The first kappa shape index (κ1) is 25.2. The Bertz CT molecular complexity index is 1150. The van der Waals surface area contributed by atoms with Gasteiger partial charge in [-0.2, -0.15) is 4.31 Å². The second kappa shape index (κ2) is 10.6. The van der Waals surface area contributed by atoms with Crippen LogP contribution in [0.1, 0.15) is 25.7 Å². The van der Waals surface area contributed by atoms with Gasteiger partial charge >= 0.3 is 0 Å². The molecule has 1 fully saturated rings. The van der Waals surface area contributed by atoms with Crippen molar-refractivity contribution in [3.63, 3.8) is 0 Å². The summed E-state index contributed by atoms with van der Waals surface area (Å²) in [6.07, 6.45) is 3.86. The molecule has 0 aromatic heterocycles. The van der Waals surface area contributed by atoms with Crippen LogP contribution in [0.2, 0.25) is 0 Å². The number of rotatable bonds is 8. The molecule has 2 aromatic rings. The molecule has 0 bridgehead atoms. The molecule has 9 nitrogen and oxygen atoms in total. The Hall–Kier alpha value is -2.47. The van der Waals surface area contributed by atoms with Crippen molar-refractivity contribution in [1.82, 2.24) is 8.61 Å². The largest absolute Gasteiger partial charge is 0.376 e. The van der Waals surface area contributed by atoms with Gasteiger partial charge in [-0.1, -0.05) is 12.8 Å². The molecule has 1 aliphatic rings. The SMILES string of the molecule is CN(C)S(=O)(=O)c1ccc(NC(=O)CNc2ccc(S(=O)(=O)N3CCCCCC3)cc2)cc1. The van der Waals surface area contributed by atoms with Crippen LogP contribution in [0, 0.1) is 0 Å². The van der Waals surface area contributed by atoms with Crippen molar-refractivity contribution in [1.29, 1.82) is 0 Å². The van der Waals surface area contributed by atoms with Crippen molar-refractivity contribution >= 4 is 37.3 Å². The second-order valence-corrected chi connectivity index (χ2v) is 12.1. The molecule has 1 saturated heterocycles. The summed E-state index contributed by atoms with van der Waals surface area (Å²) in [4.78, 5) is 12.6. The molecular formula is C22H30N4O5S2. The normalized spacial score (nSPS) is 15.7. The first-order valence-corrected chi connectivity index (χ1v) is 13.7. The number of nitrogens with zero attached hydrogens (tertiary/aromatic N) is 2. The fraction of sp³-hybridized carbons (Fsp3) is 0.409. The van der Waals surface area contributed by atoms with Crippen molar-refractivity contribution in [2.45, 2.75) is 35.5 Å². The monoisotopic (exact) mass is 494 g/mol. The summed E-state index contributed by atoms with van der Waals surface area (Å²) in [5.41, 5.74) is 1.09. The zero-order valence-electron chi connectivity index (χ0n) is 18.8. The van der Waals surface area contributed by atoms with Crippen molar-refractivity contribution in [3.05, 3.63) is 48.5 Å². The smallest absolute Gasteiger partial charge is 0.243 e. The Balaban J connectivity index is 1.55. The number of carbonyl (C=O) groups excluding carboxylic acids is 1. The average molecular weight is 495 g/mol. The lowest BCUT2D eigenvalue weighted by atomic mass is 10.2. The van der Waals surface area contributed by atoms with Gasteiger partial charge in [-0.3, -0.25) is 4.79 Å². The lowest BCUT2D eigenvalue weighted by Crippen LogP contribution is -2.31. The Labute approximate surface area is 195 Å². The molecule has 1 amide bonds. The Morgan fingerprint density at radius 2 is 1.33 bits per heavy atom. The Morgan fingerprint density at radius 3 is 1.88 bits per heavy atom. The van der Waals surface area contributed by atoms with E-state index >= 15 is 0 Å². The van der Waals surface area contributed by atoms with E-state index in [0.717, 1.165) is 30.0 Å². The van der Waals surface area contributed by atoms with Gasteiger partial charge in [0.1, 0.15) is 0 Å². The minimum absolute atomic E-state index is 0.0318. The number of anilines is 2. The third-order valence-electron chi connectivity index (χ3n) is 5.43. The zero-order valence-corrected chi connectivity index (χ0v) is 20.5. The number of nitrogens with one attached hydrogen (secondary N) is 2. The molecule has 1 aliphatic heterocycles. The van der Waals surface area contributed by atoms with Crippen LogP contribution in [0.15, 0.2) is 58.3 Å². The van der Waals surface area contributed by atoms with E-state index in [0.29, 0.717) is 24.5 Å². The van der Waals surface area contributed by atoms with Crippen LogP contribution < -0.4 is 10.6 Å². The van der Waals surface area contributed by atoms with E-state index in [9.17, 15) is 21.6 Å². The third kappa shape index (κ3) is 6.32. The molecular weight excluding hydrogens is 464 g/mol. The molecule has 2 N–H and O–H groups in total. The molecule has 0 unspecified atom stereocenters. The van der Waals surface area contributed by atoms with Gasteiger partial charge in [0.2, 0.25) is 26.0 Å². The van der Waals surface area contributed by atoms with E-state index in [1.54, 1.807) is 28.6 Å². The van der Waals surface area contributed by atoms with Crippen molar-refractivity contribution in [3.8, 4) is 0 Å². The number of benzene rings is 2. The molecule has 0 aliphatic carbocycles. The second-order valence-electron chi connectivity index (χ2n) is 8.06. The molecule has 33 heavy (non-hydrogen) atoms. The predicted molar refractivity (Wildman–Crippen MR) is 128 cm³/mol. The minimum Gasteiger partial charge on any atom is -0.376 e. The van der Waals surface area contributed by atoms with Crippen LogP contribution in [0.3, 0.4) is 0 Å². The Morgan fingerprint density at radius 1 is 0.818 bits per heavy atom. The number of hydrogen-bond acceptors (Lipinski definition) is 6. The van der Waals surface area contributed by atoms with E-state index < -0.39 is 20.0 Å². The lowest BCUT2D eigenvalue weighted by molar-refractivity contribution is -0.114. The summed E-state index contributed by atoms with van der Waals surface area (Å²) >= 11 is 0. The zero-order chi connectivity index (χ0) is 24.1. The standard InChI is InChI=1S/C22H30N4O5S2/c1-25(2)32(28,29)20-13-9-19(10-14-20)24-22(27)17-23-18-7-11-21(12-8-18)33(30,31)26-15-5-3-4-6-16-26/h7-14,23H,3-6,15-17H2,1-2H3,(H,24,27). The summed E-state index contributed by atoms with van der Waals surface area (Å²) < 4.78 is 52.6. The lowest BCUT2D eigenvalue weighted by Gasteiger charge is -2.20. The van der Waals surface area contributed by atoms with Crippen LogP contribution in [0.25, 0.3) is 0 Å². The molecule has 0 radical (unpaired) electrons. The van der Waals surface area contributed by atoms with E-state index in [2.05, 4.69) is 10.6 Å². The maximum Gasteiger partial charge on any atom is 0.243 e. The molecule has 180 valence electrons. The summed E-state index contributed by atoms with van der Waals surface area (Å²) in [5.74, 6) is -0.320.